The molecule has 3 N–H and O–H groups in total. The minimum atomic E-state index is 0.480. The summed E-state index contributed by atoms with van der Waals surface area (Å²) in [4.78, 5) is 4.38. The van der Waals surface area contributed by atoms with E-state index in [9.17, 15) is 0 Å². The maximum atomic E-state index is 5.80. The van der Waals surface area contributed by atoms with Gasteiger partial charge in [0.1, 0.15) is 17.3 Å². The summed E-state index contributed by atoms with van der Waals surface area (Å²) < 4.78 is 11.1. The third kappa shape index (κ3) is 4.61. The number of pyridine rings is 1. The van der Waals surface area contributed by atoms with Gasteiger partial charge in [-0.05, 0) is 43.1 Å². The van der Waals surface area contributed by atoms with E-state index in [0.717, 1.165) is 47.8 Å². The van der Waals surface area contributed by atoms with Crippen LogP contribution in [0.4, 0.5) is 5.82 Å². The molecule has 0 unspecified atom stereocenters. The van der Waals surface area contributed by atoms with Gasteiger partial charge in [-0.1, -0.05) is 19.9 Å². The van der Waals surface area contributed by atoms with Crippen LogP contribution in [0.2, 0.25) is 0 Å². The van der Waals surface area contributed by atoms with Gasteiger partial charge in [0.15, 0.2) is 0 Å². The van der Waals surface area contributed by atoms with Crippen molar-refractivity contribution in [2.75, 3.05) is 26.5 Å². The van der Waals surface area contributed by atoms with Crippen molar-refractivity contribution in [3.05, 3.63) is 35.9 Å². The molecule has 24 heavy (non-hydrogen) atoms. The standard InChI is InChI=1S/C19H27N3O2/c1-13(2)8-9-21-12-14-10-18(24-4)15(11-17(14)23-3)16-6-5-7-19(20)22-16/h5-7,10-11,13,21H,8-9,12H2,1-4H3,(H2,20,22). The molecule has 0 radical (unpaired) electrons. The molecule has 0 amide bonds. The van der Waals surface area contributed by atoms with Crippen molar-refractivity contribution in [3.63, 3.8) is 0 Å². The third-order valence-electron chi connectivity index (χ3n) is 3.86. The van der Waals surface area contributed by atoms with Gasteiger partial charge in [0.25, 0.3) is 0 Å². The predicted octanol–water partition coefficient (Wildman–Crippen LogP) is 3.48. The van der Waals surface area contributed by atoms with Crippen LogP contribution in [0.5, 0.6) is 11.5 Å². The van der Waals surface area contributed by atoms with E-state index in [4.69, 9.17) is 15.2 Å². The van der Waals surface area contributed by atoms with Crippen molar-refractivity contribution in [2.45, 2.75) is 26.8 Å². The first-order valence-corrected chi connectivity index (χ1v) is 8.23. The van der Waals surface area contributed by atoms with Gasteiger partial charge in [0.2, 0.25) is 0 Å². The molecule has 0 atom stereocenters. The first kappa shape index (κ1) is 18.1. The van der Waals surface area contributed by atoms with E-state index in [1.54, 1.807) is 20.3 Å². The van der Waals surface area contributed by atoms with Gasteiger partial charge in [-0.3, -0.25) is 0 Å². The Bertz CT molecular complexity index is 672. The molecule has 0 spiro atoms. The summed E-state index contributed by atoms with van der Waals surface area (Å²) in [5.74, 6) is 2.74. The number of nitrogens with two attached hydrogens (primary N) is 1. The third-order valence-corrected chi connectivity index (χ3v) is 3.86. The second-order valence-corrected chi connectivity index (χ2v) is 6.17. The monoisotopic (exact) mass is 329 g/mol. The minimum Gasteiger partial charge on any atom is -0.496 e. The molecule has 1 aromatic heterocycles. The van der Waals surface area contributed by atoms with Gasteiger partial charge in [-0.2, -0.15) is 0 Å². The molecule has 0 aliphatic rings. The van der Waals surface area contributed by atoms with Gasteiger partial charge < -0.3 is 20.5 Å². The van der Waals surface area contributed by atoms with Gasteiger partial charge in [0, 0.05) is 17.7 Å². The second-order valence-electron chi connectivity index (χ2n) is 6.17. The minimum absolute atomic E-state index is 0.480. The Labute approximate surface area is 144 Å². The van der Waals surface area contributed by atoms with Crippen LogP contribution < -0.4 is 20.5 Å². The Hall–Kier alpha value is -2.27. The molecule has 2 aromatic rings. The lowest BCUT2D eigenvalue weighted by molar-refractivity contribution is 0.397. The highest BCUT2D eigenvalue weighted by atomic mass is 16.5. The molecule has 5 heteroatoms. The molecule has 0 aliphatic heterocycles. The van der Waals surface area contributed by atoms with E-state index < -0.39 is 0 Å². The van der Waals surface area contributed by atoms with Gasteiger partial charge in [-0.25, -0.2) is 4.98 Å². The molecule has 0 saturated heterocycles. The van der Waals surface area contributed by atoms with Crippen LogP contribution in [0.1, 0.15) is 25.8 Å². The van der Waals surface area contributed by atoms with Crippen LogP contribution in [0.3, 0.4) is 0 Å². The van der Waals surface area contributed by atoms with Gasteiger partial charge in [0.05, 0.1) is 19.9 Å². The number of nitrogens with zero attached hydrogens (tertiary/aromatic N) is 1. The van der Waals surface area contributed by atoms with E-state index in [1.807, 2.05) is 24.3 Å². The number of hydrogen-bond acceptors (Lipinski definition) is 5. The maximum absolute atomic E-state index is 5.80. The summed E-state index contributed by atoms with van der Waals surface area (Å²) in [5, 5.41) is 3.46. The molecule has 0 bridgehead atoms. The average Bonchev–Trinajstić information content (AvgIpc) is 2.57. The Morgan fingerprint density at radius 2 is 1.88 bits per heavy atom. The Morgan fingerprint density at radius 1 is 1.12 bits per heavy atom. The number of rotatable bonds is 8. The van der Waals surface area contributed by atoms with Crippen molar-refractivity contribution >= 4 is 5.82 Å². The summed E-state index contributed by atoms with van der Waals surface area (Å²) in [6.45, 7) is 6.15. The lowest BCUT2D eigenvalue weighted by atomic mass is 10.0. The summed E-state index contributed by atoms with van der Waals surface area (Å²) >= 11 is 0. The lowest BCUT2D eigenvalue weighted by Gasteiger charge is -2.16. The Balaban J connectivity index is 2.28. The Kier molecular flexibility index (Phi) is 6.44. The molecule has 2 rings (SSSR count). The normalized spacial score (nSPS) is 10.9. The number of aromatic nitrogens is 1. The smallest absolute Gasteiger partial charge is 0.128 e. The second kappa shape index (κ2) is 8.55. The topological polar surface area (TPSA) is 69.4 Å². The van der Waals surface area contributed by atoms with E-state index in [1.165, 1.54) is 0 Å². The highest BCUT2D eigenvalue weighted by Crippen LogP contribution is 2.35. The first-order valence-electron chi connectivity index (χ1n) is 8.23. The number of ether oxygens (including phenoxy) is 2. The first-order chi connectivity index (χ1) is 11.5. The quantitative estimate of drug-likeness (QED) is 0.726. The predicted molar refractivity (Wildman–Crippen MR) is 98.4 cm³/mol. The van der Waals surface area contributed by atoms with Crippen LogP contribution in [-0.2, 0) is 6.54 Å². The zero-order valence-electron chi connectivity index (χ0n) is 14.9. The molecular weight excluding hydrogens is 302 g/mol. The van der Waals surface area contributed by atoms with E-state index in [-0.39, 0.29) is 0 Å². The number of hydrogen-bond donors (Lipinski definition) is 2. The van der Waals surface area contributed by atoms with Crippen LogP contribution in [0.15, 0.2) is 30.3 Å². The SMILES string of the molecule is COc1cc(-c2cccc(N)n2)c(OC)cc1CNCCC(C)C. The van der Waals surface area contributed by atoms with Crippen LogP contribution >= 0.6 is 0 Å². The van der Waals surface area contributed by atoms with Crippen LogP contribution in [0.25, 0.3) is 11.3 Å². The number of methoxy groups -OCH3 is 2. The van der Waals surface area contributed by atoms with Crippen LogP contribution in [0, 0.1) is 5.92 Å². The number of nitrogens with one attached hydrogen (secondary N) is 1. The van der Waals surface area contributed by atoms with Crippen molar-refractivity contribution in [1.29, 1.82) is 0 Å². The molecule has 5 nitrogen and oxygen atoms in total. The van der Waals surface area contributed by atoms with E-state index in [2.05, 4.69) is 24.1 Å². The number of anilines is 1. The summed E-state index contributed by atoms with van der Waals surface area (Å²) in [7, 11) is 3.34. The van der Waals surface area contributed by atoms with Crippen LogP contribution in [-0.4, -0.2) is 25.7 Å². The number of benzene rings is 1. The van der Waals surface area contributed by atoms with Crippen molar-refractivity contribution in [2.24, 2.45) is 5.92 Å². The van der Waals surface area contributed by atoms with Gasteiger partial charge >= 0.3 is 0 Å². The van der Waals surface area contributed by atoms with E-state index >= 15 is 0 Å². The van der Waals surface area contributed by atoms with Gasteiger partial charge in [-0.15, -0.1) is 0 Å². The fourth-order valence-electron chi connectivity index (χ4n) is 2.51. The fraction of sp³-hybridized carbons (Fsp3) is 0.421. The average molecular weight is 329 g/mol. The molecule has 1 heterocycles. The molecular formula is C19H27N3O2. The zero-order valence-corrected chi connectivity index (χ0v) is 14.9. The highest BCUT2D eigenvalue weighted by Gasteiger charge is 2.14. The molecule has 130 valence electrons. The number of nitrogen functional groups attached to an aromatic ring is 1. The summed E-state index contributed by atoms with van der Waals surface area (Å²) in [6, 6.07) is 9.51. The Morgan fingerprint density at radius 3 is 2.50 bits per heavy atom. The molecule has 0 aliphatic carbocycles. The highest BCUT2D eigenvalue weighted by molar-refractivity contribution is 5.71. The largest absolute Gasteiger partial charge is 0.496 e. The summed E-state index contributed by atoms with van der Waals surface area (Å²) in [6.07, 6.45) is 1.14. The molecule has 0 saturated carbocycles. The lowest BCUT2D eigenvalue weighted by Crippen LogP contribution is -2.17. The molecule has 1 aromatic carbocycles. The van der Waals surface area contributed by atoms with Crippen molar-refractivity contribution in [1.82, 2.24) is 10.3 Å². The van der Waals surface area contributed by atoms with E-state index in [0.29, 0.717) is 11.7 Å². The zero-order chi connectivity index (χ0) is 17.5. The van der Waals surface area contributed by atoms with Crippen molar-refractivity contribution < 1.29 is 9.47 Å². The van der Waals surface area contributed by atoms with Crippen molar-refractivity contribution in [3.8, 4) is 22.8 Å². The molecule has 0 fully saturated rings. The fourth-order valence-corrected chi connectivity index (χ4v) is 2.51. The maximum Gasteiger partial charge on any atom is 0.128 e. The summed E-state index contributed by atoms with van der Waals surface area (Å²) in [5.41, 5.74) is 8.50.